The second-order valence-electron chi connectivity index (χ2n) is 4.43. The van der Waals surface area contributed by atoms with Crippen LogP contribution < -0.4 is 9.64 Å². The van der Waals surface area contributed by atoms with Gasteiger partial charge in [0.05, 0.1) is 24.9 Å². The minimum Gasteiger partial charge on any atom is -0.492 e. The van der Waals surface area contributed by atoms with Gasteiger partial charge in [0.1, 0.15) is 5.75 Å². The van der Waals surface area contributed by atoms with Gasteiger partial charge in [0.25, 0.3) is 0 Å². The summed E-state index contributed by atoms with van der Waals surface area (Å²) in [4.78, 5) is 2.29. The van der Waals surface area contributed by atoms with Gasteiger partial charge < -0.3 is 14.7 Å². The van der Waals surface area contributed by atoms with E-state index in [1.165, 1.54) is 12.8 Å². The van der Waals surface area contributed by atoms with E-state index in [1.54, 1.807) is 0 Å². The molecule has 3 heteroatoms. The standard InChI is InChI=1S/C14H21NO2/c1-2-17-14-9-4-3-8-13(14)15-10-6-5-7-12(15)11-16/h3-4,8-9,12,16H,2,5-7,10-11H2,1H3. The number of aliphatic hydroxyl groups is 1. The summed E-state index contributed by atoms with van der Waals surface area (Å²) in [5, 5.41) is 9.46. The molecule has 94 valence electrons. The van der Waals surface area contributed by atoms with E-state index in [0.29, 0.717) is 6.61 Å². The van der Waals surface area contributed by atoms with Crippen molar-refractivity contribution in [1.82, 2.24) is 0 Å². The summed E-state index contributed by atoms with van der Waals surface area (Å²) in [7, 11) is 0. The van der Waals surface area contributed by atoms with E-state index in [1.807, 2.05) is 25.1 Å². The lowest BCUT2D eigenvalue weighted by Crippen LogP contribution is -2.42. The number of ether oxygens (including phenoxy) is 1. The van der Waals surface area contributed by atoms with Gasteiger partial charge in [0.15, 0.2) is 0 Å². The highest BCUT2D eigenvalue weighted by molar-refractivity contribution is 5.59. The molecule has 1 unspecified atom stereocenters. The third-order valence-corrected chi connectivity index (χ3v) is 3.31. The van der Waals surface area contributed by atoms with Crippen LogP contribution >= 0.6 is 0 Å². The van der Waals surface area contributed by atoms with Crippen LogP contribution in [0.2, 0.25) is 0 Å². The van der Waals surface area contributed by atoms with Crippen LogP contribution in [0.5, 0.6) is 5.75 Å². The molecule has 1 fully saturated rings. The van der Waals surface area contributed by atoms with Crippen LogP contribution in [0, 0.1) is 0 Å². The molecular weight excluding hydrogens is 214 g/mol. The Balaban J connectivity index is 2.24. The van der Waals surface area contributed by atoms with Crippen LogP contribution in [-0.2, 0) is 0 Å². The molecule has 1 N–H and O–H groups in total. The molecule has 0 aromatic heterocycles. The van der Waals surface area contributed by atoms with Crippen LogP contribution in [0.15, 0.2) is 24.3 Å². The molecule has 0 radical (unpaired) electrons. The van der Waals surface area contributed by atoms with Crippen LogP contribution in [0.4, 0.5) is 5.69 Å². The number of piperidine rings is 1. The zero-order valence-electron chi connectivity index (χ0n) is 10.4. The van der Waals surface area contributed by atoms with Gasteiger partial charge in [0, 0.05) is 6.54 Å². The van der Waals surface area contributed by atoms with E-state index < -0.39 is 0 Å². The lowest BCUT2D eigenvalue weighted by atomic mass is 10.0. The molecule has 0 amide bonds. The first-order valence-corrected chi connectivity index (χ1v) is 6.46. The van der Waals surface area contributed by atoms with Crippen LogP contribution in [0.25, 0.3) is 0 Å². The van der Waals surface area contributed by atoms with Crippen molar-refractivity contribution in [3.8, 4) is 5.75 Å². The molecule has 1 atom stereocenters. The lowest BCUT2D eigenvalue weighted by Gasteiger charge is -2.37. The molecule has 1 aromatic rings. The number of para-hydroxylation sites is 2. The van der Waals surface area contributed by atoms with E-state index in [-0.39, 0.29) is 12.6 Å². The van der Waals surface area contributed by atoms with Crippen LogP contribution in [0.3, 0.4) is 0 Å². The molecule has 3 nitrogen and oxygen atoms in total. The second kappa shape index (κ2) is 5.92. The normalized spacial score (nSPS) is 20.4. The highest BCUT2D eigenvalue weighted by Gasteiger charge is 2.23. The Morgan fingerprint density at radius 2 is 2.18 bits per heavy atom. The summed E-state index contributed by atoms with van der Waals surface area (Å²) in [5.74, 6) is 0.926. The molecule has 2 rings (SSSR count). The fraction of sp³-hybridized carbons (Fsp3) is 0.571. The van der Waals surface area contributed by atoms with E-state index in [0.717, 1.165) is 24.4 Å². The first-order valence-electron chi connectivity index (χ1n) is 6.46. The number of aliphatic hydroxyl groups excluding tert-OH is 1. The minimum absolute atomic E-state index is 0.223. The molecule has 1 saturated heterocycles. The van der Waals surface area contributed by atoms with E-state index in [4.69, 9.17) is 4.74 Å². The maximum atomic E-state index is 9.46. The molecule has 0 aliphatic carbocycles. The van der Waals surface area contributed by atoms with Gasteiger partial charge in [-0.15, -0.1) is 0 Å². The Morgan fingerprint density at radius 1 is 1.35 bits per heavy atom. The second-order valence-corrected chi connectivity index (χ2v) is 4.43. The predicted molar refractivity (Wildman–Crippen MR) is 69.7 cm³/mol. The number of hydrogen-bond acceptors (Lipinski definition) is 3. The molecule has 0 bridgehead atoms. The fourth-order valence-corrected chi connectivity index (χ4v) is 2.48. The number of hydrogen-bond donors (Lipinski definition) is 1. The maximum absolute atomic E-state index is 9.46. The van der Waals surface area contributed by atoms with Crippen molar-refractivity contribution in [2.45, 2.75) is 32.2 Å². The first kappa shape index (κ1) is 12.2. The van der Waals surface area contributed by atoms with Crippen LogP contribution in [0.1, 0.15) is 26.2 Å². The molecule has 1 aliphatic rings. The van der Waals surface area contributed by atoms with Gasteiger partial charge in [-0.25, -0.2) is 0 Å². The van der Waals surface area contributed by atoms with Gasteiger partial charge >= 0.3 is 0 Å². The Labute approximate surface area is 103 Å². The van der Waals surface area contributed by atoms with Gasteiger partial charge in [-0.05, 0) is 38.3 Å². The molecule has 0 spiro atoms. The topological polar surface area (TPSA) is 32.7 Å². The third-order valence-electron chi connectivity index (χ3n) is 3.31. The Kier molecular flexibility index (Phi) is 4.26. The van der Waals surface area contributed by atoms with Crippen molar-refractivity contribution in [1.29, 1.82) is 0 Å². The lowest BCUT2D eigenvalue weighted by molar-refractivity contribution is 0.239. The summed E-state index contributed by atoms with van der Waals surface area (Å²) in [6.07, 6.45) is 3.46. The van der Waals surface area contributed by atoms with Gasteiger partial charge in [-0.2, -0.15) is 0 Å². The first-order chi connectivity index (χ1) is 8.36. The van der Waals surface area contributed by atoms with E-state index in [2.05, 4.69) is 11.0 Å². The summed E-state index contributed by atoms with van der Waals surface area (Å²) in [6, 6.07) is 8.35. The van der Waals surface area contributed by atoms with Crippen molar-refractivity contribution in [2.24, 2.45) is 0 Å². The Morgan fingerprint density at radius 3 is 2.94 bits per heavy atom. The monoisotopic (exact) mass is 235 g/mol. The van der Waals surface area contributed by atoms with Crippen molar-refractivity contribution < 1.29 is 9.84 Å². The van der Waals surface area contributed by atoms with E-state index in [9.17, 15) is 5.11 Å². The summed E-state index contributed by atoms with van der Waals surface area (Å²) < 4.78 is 5.66. The number of rotatable bonds is 4. The minimum atomic E-state index is 0.223. The molecule has 17 heavy (non-hydrogen) atoms. The third kappa shape index (κ3) is 2.72. The summed E-state index contributed by atoms with van der Waals surface area (Å²) in [5.41, 5.74) is 1.12. The van der Waals surface area contributed by atoms with Gasteiger partial charge in [-0.1, -0.05) is 12.1 Å². The molecular formula is C14H21NO2. The number of nitrogens with zero attached hydrogens (tertiary/aromatic N) is 1. The molecule has 1 heterocycles. The smallest absolute Gasteiger partial charge is 0.142 e. The van der Waals surface area contributed by atoms with Crippen molar-refractivity contribution in [3.05, 3.63) is 24.3 Å². The predicted octanol–water partition coefficient (Wildman–Crippen LogP) is 2.44. The zero-order valence-corrected chi connectivity index (χ0v) is 10.4. The van der Waals surface area contributed by atoms with Crippen molar-refractivity contribution in [3.63, 3.8) is 0 Å². The van der Waals surface area contributed by atoms with Gasteiger partial charge in [0.2, 0.25) is 0 Å². The highest BCUT2D eigenvalue weighted by Crippen LogP contribution is 2.32. The molecule has 1 aliphatic heterocycles. The van der Waals surface area contributed by atoms with E-state index >= 15 is 0 Å². The van der Waals surface area contributed by atoms with Crippen LogP contribution in [-0.4, -0.2) is 30.9 Å². The number of benzene rings is 1. The van der Waals surface area contributed by atoms with Gasteiger partial charge in [-0.3, -0.25) is 0 Å². The Hall–Kier alpha value is -1.22. The largest absolute Gasteiger partial charge is 0.492 e. The Bertz CT molecular complexity index is 354. The molecule has 1 aromatic carbocycles. The van der Waals surface area contributed by atoms with Crippen molar-refractivity contribution in [2.75, 3.05) is 24.7 Å². The average molecular weight is 235 g/mol. The number of anilines is 1. The maximum Gasteiger partial charge on any atom is 0.142 e. The quantitative estimate of drug-likeness (QED) is 0.870. The highest BCUT2D eigenvalue weighted by atomic mass is 16.5. The zero-order chi connectivity index (χ0) is 12.1. The molecule has 0 saturated carbocycles. The fourth-order valence-electron chi connectivity index (χ4n) is 2.48. The summed E-state index contributed by atoms with van der Waals surface area (Å²) >= 11 is 0. The van der Waals surface area contributed by atoms with Crippen molar-refractivity contribution >= 4 is 5.69 Å². The SMILES string of the molecule is CCOc1ccccc1N1CCCCC1CO. The average Bonchev–Trinajstić information content (AvgIpc) is 2.40. The summed E-state index contributed by atoms with van der Waals surface area (Å²) in [6.45, 7) is 3.90.